The normalized spacial score (nSPS) is 23.4. The fourth-order valence-corrected chi connectivity index (χ4v) is 9.65. The molecule has 0 aromatic carbocycles. The van der Waals surface area contributed by atoms with Gasteiger partial charge in [-0.3, -0.25) is 19.2 Å². The van der Waals surface area contributed by atoms with Crippen molar-refractivity contribution in [2.45, 2.75) is 142 Å². The highest BCUT2D eigenvalue weighted by Gasteiger charge is 2.70. The third-order valence-electron chi connectivity index (χ3n) is 11.4. The predicted octanol–water partition coefficient (Wildman–Crippen LogP) is 3.66. The molecule has 296 valence electrons. The largest absolute Gasteiger partial charge is 0.380 e. The number of unbranched alkanes of at least 4 members (excludes halogenated alkanes) is 1. The molecule has 5 atom stereocenters. The summed E-state index contributed by atoms with van der Waals surface area (Å²) in [6, 6.07) is -3.66. The lowest BCUT2D eigenvalue weighted by Crippen LogP contribution is -2.64. The van der Waals surface area contributed by atoms with Crippen molar-refractivity contribution in [1.29, 1.82) is 0 Å². The molecule has 0 spiro atoms. The summed E-state index contributed by atoms with van der Waals surface area (Å²) in [5.74, 6) is -2.88. The molecule has 3 rings (SSSR count). The Bertz CT molecular complexity index is 1450. The van der Waals surface area contributed by atoms with Gasteiger partial charge in [-0.25, -0.2) is 13.2 Å². The molecule has 1 aliphatic heterocycles. The number of likely N-dealkylation sites (tertiary alicyclic amines) is 1. The maximum atomic E-state index is 14.5. The standard InChI is InChI=1S/C38H65N5O8S/c1-11-14-18-26(29(44)32(46)39-21-12-2)40-31(45)28-27-25(37(27,9)10)22-43(28)33(47)30(35(4,5)6)41-34(48)42-38(19-16-15-17-20-38)24-52(49,50)36(7,8)23-51-13-3/h12,25-28,30H,2,11,13-24H2,1,3-10H3,(H,39,46)(H,40,45)(H2,41,42,48)/t25-,26-,27-,28-,30+/m0/s1. The van der Waals surface area contributed by atoms with Gasteiger partial charge in [0.1, 0.15) is 12.1 Å². The average Bonchev–Trinajstić information content (AvgIpc) is 3.36. The van der Waals surface area contributed by atoms with Crippen LogP contribution in [-0.2, 0) is 33.8 Å². The van der Waals surface area contributed by atoms with Crippen molar-refractivity contribution in [1.82, 2.24) is 26.2 Å². The van der Waals surface area contributed by atoms with Gasteiger partial charge < -0.3 is 30.9 Å². The summed E-state index contributed by atoms with van der Waals surface area (Å²) < 4.78 is 31.8. The molecule has 3 fully saturated rings. The lowest BCUT2D eigenvalue weighted by atomic mass is 9.83. The number of carbonyl (C=O) groups is 5. The van der Waals surface area contributed by atoms with Crippen LogP contribution < -0.4 is 21.3 Å². The molecule has 1 heterocycles. The first kappa shape index (κ1) is 43.4. The number of hydrogen-bond donors (Lipinski definition) is 4. The summed E-state index contributed by atoms with van der Waals surface area (Å²) in [6.45, 7) is 21.0. The van der Waals surface area contributed by atoms with Crippen LogP contribution in [0.5, 0.6) is 0 Å². The number of ketones is 1. The second kappa shape index (κ2) is 17.0. The third-order valence-corrected chi connectivity index (χ3v) is 14.1. The van der Waals surface area contributed by atoms with Crippen LogP contribution in [0, 0.1) is 22.7 Å². The van der Waals surface area contributed by atoms with Gasteiger partial charge in [0.25, 0.3) is 5.91 Å². The Balaban J connectivity index is 1.86. The van der Waals surface area contributed by atoms with E-state index in [-0.39, 0.29) is 42.6 Å². The molecule has 5 amide bonds. The predicted molar refractivity (Wildman–Crippen MR) is 201 cm³/mol. The zero-order chi connectivity index (χ0) is 39.3. The van der Waals surface area contributed by atoms with Crippen molar-refractivity contribution in [2.24, 2.45) is 22.7 Å². The highest BCUT2D eigenvalue weighted by Crippen LogP contribution is 2.65. The molecular formula is C38H65N5O8S. The summed E-state index contributed by atoms with van der Waals surface area (Å²) in [6.07, 6.45) is 6.49. The molecule has 0 unspecified atom stereocenters. The monoisotopic (exact) mass is 751 g/mol. The van der Waals surface area contributed by atoms with Gasteiger partial charge in [0.05, 0.1) is 28.7 Å². The van der Waals surface area contributed by atoms with E-state index < -0.39 is 73.2 Å². The van der Waals surface area contributed by atoms with E-state index in [1.54, 1.807) is 13.8 Å². The van der Waals surface area contributed by atoms with Crippen LogP contribution in [0.15, 0.2) is 12.7 Å². The zero-order valence-electron chi connectivity index (χ0n) is 33.0. The summed E-state index contributed by atoms with van der Waals surface area (Å²) in [5, 5.41) is 11.2. The van der Waals surface area contributed by atoms with Crippen LogP contribution >= 0.6 is 0 Å². The number of rotatable bonds is 18. The lowest BCUT2D eigenvalue weighted by Gasteiger charge is -2.41. The topological polar surface area (TPSA) is 180 Å². The average molecular weight is 752 g/mol. The number of ether oxygens (including phenoxy) is 1. The van der Waals surface area contributed by atoms with E-state index in [0.717, 1.165) is 25.7 Å². The number of nitrogens with zero attached hydrogens (tertiary/aromatic N) is 1. The first-order valence-electron chi connectivity index (χ1n) is 19.0. The number of fused-ring (bicyclic) bond motifs is 1. The Morgan fingerprint density at radius 2 is 1.63 bits per heavy atom. The second-order valence-corrected chi connectivity index (χ2v) is 20.0. The molecule has 4 N–H and O–H groups in total. The third kappa shape index (κ3) is 9.95. The molecule has 13 nitrogen and oxygen atoms in total. The van der Waals surface area contributed by atoms with E-state index in [0.29, 0.717) is 32.4 Å². The molecular weight excluding hydrogens is 687 g/mol. The van der Waals surface area contributed by atoms with Crippen LogP contribution in [0.4, 0.5) is 4.79 Å². The van der Waals surface area contributed by atoms with Gasteiger partial charge in [0, 0.05) is 19.7 Å². The summed E-state index contributed by atoms with van der Waals surface area (Å²) in [7, 11) is -3.72. The minimum atomic E-state index is -3.72. The van der Waals surface area contributed by atoms with Crippen molar-refractivity contribution >= 4 is 39.4 Å². The second-order valence-electron chi connectivity index (χ2n) is 17.3. The highest BCUT2D eigenvalue weighted by molar-refractivity contribution is 7.92. The van der Waals surface area contributed by atoms with Gasteiger partial charge in [-0.2, -0.15) is 0 Å². The first-order valence-corrected chi connectivity index (χ1v) is 20.7. The molecule has 0 radical (unpaired) electrons. The van der Waals surface area contributed by atoms with E-state index in [1.165, 1.54) is 11.0 Å². The van der Waals surface area contributed by atoms with Gasteiger partial charge in [-0.15, -0.1) is 6.58 Å². The van der Waals surface area contributed by atoms with E-state index >= 15 is 0 Å². The maximum absolute atomic E-state index is 14.5. The van der Waals surface area contributed by atoms with Crippen LogP contribution in [0.3, 0.4) is 0 Å². The van der Waals surface area contributed by atoms with Crippen molar-refractivity contribution in [3.8, 4) is 0 Å². The lowest BCUT2D eigenvalue weighted by molar-refractivity contribution is -0.145. The number of urea groups is 1. The van der Waals surface area contributed by atoms with Gasteiger partial charge in [0.2, 0.25) is 17.6 Å². The van der Waals surface area contributed by atoms with E-state index in [4.69, 9.17) is 4.74 Å². The summed E-state index contributed by atoms with van der Waals surface area (Å²) >= 11 is 0. The van der Waals surface area contributed by atoms with Gasteiger partial charge in [-0.1, -0.05) is 79.7 Å². The molecule has 0 bridgehead atoms. The van der Waals surface area contributed by atoms with Crippen LogP contribution in [0.1, 0.15) is 114 Å². The highest BCUT2D eigenvalue weighted by atomic mass is 32.2. The van der Waals surface area contributed by atoms with E-state index in [9.17, 15) is 32.4 Å². The quantitative estimate of drug-likeness (QED) is 0.121. The number of Topliss-reactive ketones (excluding diaryl/α,β-unsaturated/α-hetero) is 1. The van der Waals surface area contributed by atoms with Crippen molar-refractivity contribution in [2.75, 3.05) is 32.1 Å². The molecule has 14 heteroatoms. The first-order chi connectivity index (χ1) is 24.1. The number of sulfone groups is 1. The Labute approximate surface area is 311 Å². The summed E-state index contributed by atoms with van der Waals surface area (Å²) in [4.78, 5) is 69.7. The molecule has 52 heavy (non-hydrogen) atoms. The zero-order valence-corrected chi connectivity index (χ0v) is 33.8. The van der Waals surface area contributed by atoms with Crippen molar-refractivity contribution in [3.63, 3.8) is 0 Å². The Morgan fingerprint density at radius 1 is 1.00 bits per heavy atom. The fraction of sp³-hybridized carbons (Fsp3) is 0.816. The van der Waals surface area contributed by atoms with Crippen molar-refractivity contribution < 1.29 is 37.1 Å². The van der Waals surface area contributed by atoms with Gasteiger partial charge >= 0.3 is 6.03 Å². The molecule has 1 saturated heterocycles. The Kier molecular flexibility index (Phi) is 14.2. The number of carbonyl (C=O) groups excluding carboxylic acids is 5. The van der Waals surface area contributed by atoms with Crippen LogP contribution in [0.2, 0.25) is 0 Å². The number of hydrogen-bond acceptors (Lipinski definition) is 8. The summed E-state index contributed by atoms with van der Waals surface area (Å²) in [5.41, 5.74) is -2.03. The SMILES string of the molecule is C=CCNC(=O)C(=O)[C@H](CCCC)NC(=O)[C@@H]1[C@@H]2[C@H](CN1C(=O)[C@@H](NC(=O)NC1(CS(=O)(=O)C(C)(C)COCC)CCCCC1)C(C)(C)C)C2(C)C. The van der Waals surface area contributed by atoms with Gasteiger partial charge in [0.15, 0.2) is 9.84 Å². The van der Waals surface area contributed by atoms with Gasteiger partial charge in [-0.05, 0) is 62.7 Å². The molecule has 0 aromatic heterocycles. The molecule has 0 aromatic rings. The fourth-order valence-electron chi connectivity index (χ4n) is 7.91. The minimum absolute atomic E-state index is 0.0358. The molecule has 2 saturated carbocycles. The maximum Gasteiger partial charge on any atom is 0.315 e. The molecule has 2 aliphatic carbocycles. The number of piperidine rings is 1. The molecule has 3 aliphatic rings. The van der Waals surface area contributed by atoms with E-state index in [2.05, 4.69) is 27.8 Å². The Hall–Kier alpha value is -3.00. The Morgan fingerprint density at radius 3 is 2.19 bits per heavy atom. The number of nitrogens with one attached hydrogen (secondary N) is 4. The van der Waals surface area contributed by atoms with Crippen molar-refractivity contribution in [3.05, 3.63) is 12.7 Å². The van der Waals surface area contributed by atoms with Crippen LogP contribution in [-0.4, -0.2) is 103 Å². The smallest absolute Gasteiger partial charge is 0.315 e. The van der Waals surface area contributed by atoms with Crippen LogP contribution in [0.25, 0.3) is 0 Å². The minimum Gasteiger partial charge on any atom is -0.380 e. The van der Waals surface area contributed by atoms with E-state index in [1.807, 2.05) is 48.5 Å². The number of amides is 5.